The zero-order chi connectivity index (χ0) is 19.4. The van der Waals surface area contributed by atoms with Gasteiger partial charge in [0, 0.05) is 5.56 Å². The maximum Gasteiger partial charge on any atom is 0.271 e. The first-order chi connectivity index (χ1) is 12.9. The maximum atomic E-state index is 12.3. The van der Waals surface area contributed by atoms with E-state index in [9.17, 15) is 13.2 Å². The molecule has 3 rings (SSSR count). The molecule has 138 valence electrons. The average molecular weight is 381 g/mol. The topological polar surface area (TPSA) is 87.6 Å². The molecular formula is C20H19N3O3S. The van der Waals surface area contributed by atoms with E-state index in [1.165, 1.54) is 31.3 Å². The summed E-state index contributed by atoms with van der Waals surface area (Å²) < 4.78 is 26.0. The van der Waals surface area contributed by atoms with E-state index < -0.39 is 15.9 Å². The normalized spacial score (nSPS) is 12.1. The third-order valence-electron chi connectivity index (χ3n) is 4.17. The van der Waals surface area contributed by atoms with Crippen molar-refractivity contribution < 1.29 is 13.2 Å². The fraction of sp³-hybridized carbons (Fsp3) is 0.100. The Morgan fingerprint density at radius 3 is 2.37 bits per heavy atom. The second-order valence-electron chi connectivity index (χ2n) is 5.94. The Kier molecular flexibility index (Phi) is 5.34. The van der Waals surface area contributed by atoms with Crippen molar-refractivity contribution in [3.05, 3.63) is 77.9 Å². The minimum absolute atomic E-state index is 0.0212. The van der Waals surface area contributed by atoms with Crippen LogP contribution in [0, 0.1) is 0 Å². The number of carbonyl (C=O) groups is 1. The van der Waals surface area contributed by atoms with E-state index in [1.807, 2.05) is 42.5 Å². The van der Waals surface area contributed by atoms with E-state index in [2.05, 4.69) is 15.2 Å². The van der Waals surface area contributed by atoms with Crippen LogP contribution < -0.4 is 10.1 Å². The van der Waals surface area contributed by atoms with Gasteiger partial charge in [0.15, 0.2) is 0 Å². The highest BCUT2D eigenvalue weighted by molar-refractivity contribution is 7.89. The number of rotatable bonds is 5. The largest absolute Gasteiger partial charge is 0.271 e. The first kappa shape index (κ1) is 18.8. The second-order valence-corrected chi connectivity index (χ2v) is 7.82. The zero-order valence-electron chi connectivity index (χ0n) is 14.9. The maximum absolute atomic E-state index is 12.3. The zero-order valence-corrected chi connectivity index (χ0v) is 15.7. The molecule has 27 heavy (non-hydrogen) atoms. The van der Waals surface area contributed by atoms with Gasteiger partial charge in [-0.2, -0.15) is 5.10 Å². The molecule has 0 saturated heterocycles. The number of hydrogen-bond donors (Lipinski definition) is 2. The summed E-state index contributed by atoms with van der Waals surface area (Å²) in [6.07, 6.45) is 0. The summed E-state index contributed by atoms with van der Waals surface area (Å²) in [6, 6.07) is 19.7. The fourth-order valence-electron chi connectivity index (χ4n) is 2.60. The third kappa shape index (κ3) is 4.21. The Hall–Kier alpha value is -3.03. The number of carbonyl (C=O) groups excluding carboxylic acids is 1. The Morgan fingerprint density at radius 1 is 0.889 bits per heavy atom. The van der Waals surface area contributed by atoms with Crippen molar-refractivity contribution in [1.29, 1.82) is 0 Å². The lowest BCUT2D eigenvalue weighted by Gasteiger charge is -2.06. The molecule has 0 heterocycles. The number of hydrazone groups is 1. The molecule has 0 fully saturated rings. The predicted molar refractivity (Wildman–Crippen MR) is 106 cm³/mol. The van der Waals surface area contributed by atoms with Gasteiger partial charge in [0.05, 0.1) is 10.6 Å². The summed E-state index contributed by atoms with van der Waals surface area (Å²) in [5, 5.41) is 6.35. The number of benzene rings is 3. The van der Waals surface area contributed by atoms with Crippen molar-refractivity contribution in [3.63, 3.8) is 0 Å². The highest BCUT2D eigenvalue weighted by Gasteiger charge is 2.14. The van der Waals surface area contributed by atoms with E-state index >= 15 is 0 Å². The molecule has 2 N–H and O–H groups in total. The summed E-state index contributed by atoms with van der Waals surface area (Å²) in [4.78, 5) is 12.3. The van der Waals surface area contributed by atoms with Gasteiger partial charge in [-0.15, -0.1) is 0 Å². The van der Waals surface area contributed by atoms with Crippen LogP contribution in [0.3, 0.4) is 0 Å². The van der Waals surface area contributed by atoms with Gasteiger partial charge in [0.2, 0.25) is 10.0 Å². The average Bonchev–Trinajstić information content (AvgIpc) is 2.71. The highest BCUT2D eigenvalue weighted by atomic mass is 32.2. The molecule has 6 nitrogen and oxygen atoms in total. The van der Waals surface area contributed by atoms with Crippen LogP contribution >= 0.6 is 0 Å². The Morgan fingerprint density at radius 2 is 1.63 bits per heavy atom. The van der Waals surface area contributed by atoms with Crippen molar-refractivity contribution in [2.24, 2.45) is 5.10 Å². The lowest BCUT2D eigenvalue weighted by atomic mass is 10.0. The monoisotopic (exact) mass is 381 g/mol. The van der Waals surface area contributed by atoms with Gasteiger partial charge in [-0.3, -0.25) is 4.79 Å². The van der Waals surface area contributed by atoms with Crippen molar-refractivity contribution in [3.8, 4) is 0 Å². The number of sulfonamides is 1. The molecule has 3 aromatic carbocycles. The lowest BCUT2D eigenvalue weighted by Crippen LogP contribution is -2.21. The van der Waals surface area contributed by atoms with Crippen molar-refractivity contribution in [1.82, 2.24) is 10.1 Å². The molecule has 0 aliphatic carbocycles. The van der Waals surface area contributed by atoms with Gasteiger partial charge in [-0.05, 0) is 54.6 Å². The van der Waals surface area contributed by atoms with E-state index in [0.717, 1.165) is 16.3 Å². The third-order valence-corrected chi connectivity index (χ3v) is 5.58. The van der Waals surface area contributed by atoms with Crippen LogP contribution in [0.5, 0.6) is 0 Å². The molecule has 0 bridgehead atoms. The summed E-state index contributed by atoms with van der Waals surface area (Å²) in [5.74, 6) is -0.483. The van der Waals surface area contributed by atoms with E-state index in [4.69, 9.17) is 0 Å². The van der Waals surface area contributed by atoms with Crippen LogP contribution in [0.4, 0.5) is 0 Å². The van der Waals surface area contributed by atoms with Crippen LogP contribution in [0.2, 0.25) is 0 Å². The van der Waals surface area contributed by atoms with Crippen LogP contribution in [0.1, 0.15) is 22.8 Å². The molecule has 7 heteroatoms. The Labute approximate surface area is 158 Å². The first-order valence-electron chi connectivity index (χ1n) is 8.28. The summed E-state index contributed by atoms with van der Waals surface area (Å²) in [7, 11) is -2.30. The highest BCUT2D eigenvalue weighted by Crippen LogP contribution is 2.16. The van der Waals surface area contributed by atoms with Gasteiger partial charge in [0.1, 0.15) is 0 Å². The van der Waals surface area contributed by atoms with Crippen LogP contribution in [0.25, 0.3) is 10.8 Å². The number of fused-ring (bicyclic) bond motifs is 1. The minimum atomic E-state index is -3.62. The van der Waals surface area contributed by atoms with E-state index in [0.29, 0.717) is 5.71 Å². The SMILES string of the molecule is CNS(=O)(=O)c1cccc(C(=O)NN=C(C)c2ccc3ccccc3c2)c1. The molecule has 0 aliphatic heterocycles. The summed E-state index contributed by atoms with van der Waals surface area (Å²) in [5.41, 5.74) is 4.22. The van der Waals surface area contributed by atoms with Gasteiger partial charge < -0.3 is 0 Å². The number of nitrogens with one attached hydrogen (secondary N) is 2. The molecule has 0 atom stereocenters. The number of hydrogen-bond acceptors (Lipinski definition) is 4. The molecule has 0 aliphatic rings. The first-order valence-corrected chi connectivity index (χ1v) is 9.76. The van der Waals surface area contributed by atoms with Gasteiger partial charge in [-0.25, -0.2) is 18.6 Å². The number of nitrogens with zero attached hydrogens (tertiary/aromatic N) is 1. The molecule has 0 radical (unpaired) electrons. The molecule has 0 unspecified atom stereocenters. The Balaban J connectivity index is 1.80. The van der Waals surface area contributed by atoms with Crippen molar-refractivity contribution in [2.45, 2.75) is 11.8 Å². The van der Waals surface area contributed by atoms with Crippen LogP contribution in [0.15, 0.2) is 76.7 Å². The van der Waals surface area contributed by atoms with Crippen molar-refractivity contribution >= 4 is 32.4 Å². The van der Waals surface area contributed by atoms with Crippen molar-refractivity contribution in [2.75, 3.05) is 7.05 Å². The molecule has 0 aromatic heterocycles. The second kappa shape index (κ2) is 7.69. The molecular weight excluding hydrogens is 362 g/mol. The molecule has 3 aromatic rings. The summed E-state index contributed by atoms with van der Waals surface area (Å²) >= 11 is 0. The summed E-state index contributed by atoms with van der Waals surface area (Å²) in [6.45, 7) is 1.80. The molecule has 0 saturated carbocycles. The van der Waals surface area contributed by atoms with Gasteiger partial charge in [-0.1, -0.05) is 42.5 Å². The quantitative estimate of drug-likeness (QED) is 0.526. The minimum Gasteiger partial charge on any atom is -0.267 e. The van der Waals surface area contributed by atoms with E-state index in [-0.39, 0.29) is 10.5 Å². The van der Waals surface area contributed by atoms with E-state index in [1.54, 1.807) is 6.92 Å². The standard InChI is InChI=1S/C20H19N3O3S/c1-14(16-11-10-15-6-3-4-7-17(15)12-16)22-23-20(24)18-8-5-9-19(13-18)27(25,26)21-2/h3-13,21H,1-2H3,(H,23,24). The Bertz CT molecular complexity index is 1140. The molecule has 1 amide bonds. The lowest BCUT2D eigenvalue weighted by molar-refractivity contribution is 0.0954. The number of amides is 1. The smallest absolute Gasteiger partial charge is 0.267 e. The van der Waals surface area contributed by atoms with Gasteiger partial charge >= 0.3 is 0 Å². The fourth-order valence-corrected chi connectivity index (χ4v) is 3.38. The molecule has 0 spiro atoms. The van der Waals surface area contributed by atoms with Crippen LogP contribution in [-0.4, -0.2) is 27.1 Å². The van der Waals surface area contributed by atoms with Gasteiger partial charge in [0.25, 0.3) is 5.91 Å². The predicted octanol–water partition coefficient (Wildman–Crippen LogP) is 2.90. The van der Waals surface area contributed by atoms with Crippen LogP contribution in [-0.2, 0) is 10.0 Å².